The van der Waals surface area contributed by atoms with Crippen LogP contribution in [0.1, 0.15) is 32.6 Å². The minimum atomic E-state index is 0.292. The summed E-state index contributed by atoms with van der Waals surface area (Å²) >= 11 is 0. The molecule has 96 valence electrons. The van der Waals surface area contributed by atoms with Crippen LogP contribution < -0.4 is 5.32 Å². The van der Waals surface area contributed by atoms with Gasteiger partial charge >= 0.3 is 0 Å². The van der Waals surface area contributed by atoms with Crippen molar-refractivity contribution in [3.05, 3.63) is 0 Å². The van der Waals surface area contributed by atoms with Crippen LogP contribution in [0.4, 0.5) is 0 Å². The molecule has 0 spiro atoms. The van der Waals surface area contributed by atoms with Crippen LogP contribution in [0.15, 0.2) is 0 Å². The summed E-state index contributed by atoms with van der Waals surface area (Å²) in [6.07, 6.45) is 4.54. The molecule has 2 atom stereocenters. The highest BCUT2D eigenvalue weighted by atomic mass is 16.7. The van der Waals surface area contributed by atoms with E-state index in [1.165, 1.54) is 12.8 Å². The fraction of sp³-hybridized carbons (Fsp3) is 1.00. The van der Waals surface area contributed by atoms with Gasteiger partial charge in [0.15, 0.2) is 0 Å². The topological polar surface area (TPSA) is 50.7 Å². The second kappa shape index (κ2) is 8.93. The van der Waals surface area contributed by atoms with Gasteiger partial charge in [-0.05, 0) is 31.7 Å². The first-order valence-corrected chi connectivity index (χ1v) is 6.37. The van der Waals surface area contributed by atoms with E-state index in [0.717, 1.165) is 32.5 Å². The summed E-state index contributed by atoms with van der Waals surface area (Å²) in [6.45, 7) is 5.60. The molecule has 0 radical (unpaired) electrons. The minimum absolute atomic E-state index is 0.292. The van der Waals surface area contributed by atoms with E-state index in [2.05, 4.69) is 12.2 Å². The summed E-state index contributed by atoms with van der Waals surface area (Å²) in [5.74, 6) is 0.592. The van der Waals surface area contributed by atoms with Crippen LogP contribution in [0, 0.1) is 5.92 Å². The SMILES string of the molecule is CCCC(CCO)CNCC1CCOCO1. The summed E-state index contributed by atoms with van der Waals surface area (Å²) in [6, 6.07) is 0. The third-order valence-electron chi connectivity index (χ3n) is 3.01. The molecule has 1 aliphatic heterocycles. The summed E-state index contributed by atoms with van der Waals surface area (Å²) < 4.78 is 10.6. The maximum Gasteiger partial charge on any atom is 0.147 e. The molecule has 1 aliphatic rings. The van der Waals surface area contributed by atoms with E-state index in [4.69, 9.17) is 14.6 Å². The van der Waals surface area contributed by atoms with E-state index in [1.54, 1.807) is 0 Å². The first-order valence-electron chi connectivity index (χ1n) is 6.37. The summed E-state index contributed by atoms with van der Waals surface area (Å²) in [5, 5.41) is 12.4. The van der Waals surface area contributed by atoms with E-state index in [9.17, 15) is 0 Å². The van der Waals surface area contributed by atoms with Crippen LogP contribution in [-0.4, -0.2) is 44.3 Å². The lowest BCUT2D eigenvalue weighted by Crippen LogP contribution is -2.36. The van der Waals surface area contributed by atoms with Gasteiger partial charge in [-0.15, -0.1) is 0 Å². The van der Waals surface area contributed by atoms with Crippen LogP contribution >= 0.6 is 0 Å². The molecule has 0 aliphatic carbocycles. The molecule has 2 unspecified atom stereocenters. The highest BCUT2D eigenvalue weighted by Crippen LogP contribution is 2.10. The van der Waals surface area contributed by atoms with Gasteiger partial charge in [-0.3, -0.25) is 0 Å². The Balaban J connectivity index is 2.06. The molecule has 0 aromatic heterocycles. The quantitative estimate of drug-likeness (QED) is 0.657. The van der Waals surface area contributed by atoms with Crippen molar-refractivity contribution < 1.29 is 14.6 Å². The highest BCUT2D eigenvalue weighted by molar-refractivity contribution is 4.67. The molecule has 0 bridgehead atoms. The fourth-order valence-electron chi connectivity index (χ4n) is 2.05. The number of ether oxygens (including phenoxy) is 2. The lowest BCUT2D eigenvalue weighted by molar-refractivity contribution is -0.137. The normalized spacial score (nSPS) is 23.2. The summed E-state index contributed by atoms with van der Waals surface area (Å²) in [5.41, 5.74) is 0. The zero-order valence-electron chi connectivity index (χ0n) is 10.3. The van der Waals surface area contributed by atoms with Gasteiger partial charge in [0, 0.05) is 13.2 Å². The third-order valence-corrected chi connectivity index (χ3v) is 3.01. The van der Waals surface area contributed by atoms with Gasteiger partial charge in [0.25, 0.3) is 0 Å². The molecular formula is C12H25NO3. The van der Waals surface area contributed by atoms with E-state index < -0.39 is 0 Å². The summed E-state index contributed by atoms with van der Waals surface area (Å²) in [4.78, 5) is 0. The Morgan fingerprint density at radius 2 is 2.31 bits per heavy atom. The standard InChI is InChI=1S/C12H25NO3/c1-2-3-11(4-6-14)8-13-9-12-5-7-15-10-16-12/h11-14H,2-10H2,1H3. The van der Waals surface area contributed by atoms with Gasteiger partial charge in [-0.2, -0.15) is 0 Å². The van der Waals surface area contributed by atoms with Crippen LogP contribution in [0.2, 0.25) is 0 Å². The Labute approximate surface area is 98.3 Å². The van der Waals surface area contributed by atoms with Crippen LogP contribution in [-0.2, 0) is 9.47 Å². The van der Waals surface area contributed by atoms with Crippen molar-refractivity contribution >= 4 is 0 Å². The predicted molar refractivity (Wildman–Crippen MR) is 63.3 cm³/mol. The first kappa shape index (κ1) is 13.9. The average Bonchev–Trinajstić information content (AvgIpc) is 2.31. The zero-order valence-corrected chi connectivity index (χ0v) is 10.3. The Kier molecular flexibility index (Phi) is 7.76. The van der Waals surface area contributed by atoms with Gasteiger partial charge in [0.2, 0.25) is 0 Å². The maximum atomic E-state index is 8.94. The number of hydrogen-bond acceptors (Lipinski definition) is 4. The van der Waals surface area contributed by atoms with Crippen molar-refractivity contribution in [3.63, 3.8) is 0 Å². The smallest absolute Gasteiger partial charge is 0.147 e. The molecular weight excluding hydrogens is 206 g/mol. The number of aliphatic hydroxyl groups excluding tert-OH is 1. The molecule has 1 heterocycles. The van der Waals surface area contributed by atoms with Crippen molar-refractivity contribution in [3.8, 4) is 0 Å². The van der Waals surface area contributed by atoms with Crippen LogP contribution in [0.5, 0.6) is 0 Å². The number of hydrogen-bond donors (Lipinski definition) is 2. The lowest BCUT2D eigenvalue weighted by atomic mass is 10.0. The molecule has 0 aromatic carbocycles. The van der Waals surface area contributed by atoms with Crippen LogP contribution in [0.25, 0.3) is 0 Å². The van der Waals surface area contributed by atoms with E-state index in [1.807, 2.05) is 0 Å². The molecule has 0 amide bonds. The molecule has 4 nitrogen and oxygen atoms in total. The molecule has 1 fully saturated rings. The van der Waals surface area contributed by atoms with Gasteiger partial charge < -0.3 is 19.9 Å². The number of aliphatic hydroxyl groups is 1. The molecule has 1 saturated heterocycles. The monoisotopic (exact) mass is 231 g/mol. The third kappa shape index (κ3) is 5.80. The lowest BCUT2D eigenvalue weighted by Gasteiger charge is -2.24. The minimum Gasteiger partial charge on any atom is -0.396 e. The highest BCUT2D eigenvalue weighted by Gasteiger charge is 2.14. The van der Waals surface area contributed by atoms with E-state index in [0.29, 0.717) is 25.4 Å². The van der Waals surface area contributed by atoms with E-state index >= 15 is 0 Å². The zero-order chi connectivity index (χ0) is 11.6. The molecule has 0 saturated carbocycles. The van der Waals surface area contributed by atoms with Crippen molar-refractivity contribution in [2.75, 3.05) is 33.1 Å². The van der Waals surface area contributed by atoms with Crippen molar-refractivity contribution in [1.82, 2.24) is 5.32 Å². The van der Waals surface area contributed by atoms with Gasteiger partial charge in [-0.25, -0.2) is 0 Å². The molecule has 2 N–H and O–H groups in total. The van der Waals surface area contributed by atoms with Gasteiger partial charge in [-0.1, -0.05) is 13.3 Å². The molecule has 1 rings (SSSR count). The Bertz CT molecular complexity index is 154. The van der Waals surface area contributed by atoms with Gasteiger partial charge in [0.1, 0.15) is 6.79 Å². The fourth-order valence-corrected chi connectivity index (χ4v) is 2.05. The van der Waals surface area contributed by atoms with Gasteiger partial charge in [0.05, 0.1) is 12.7 Å². The van der Waals surface area contributed by atoms with Crippen molar-refractivity contribution in [2.45, 2.75) is 38.7 Å². The first-order chi connectivity index (χ1) is 7.86. The molecule has 0 aromatic rings. The predicted octanol–water partition coefficient (Wildman–Crippen LogP) is 1.14. The molecule has 4 heteroatoms. The Hall–Kier alpha value is -0.160. The average molecular weight is 231 g/mol. The van der Waals surface area contributed by atoms with Crippen molar-refractivity contribution in [1.29, 1.82) is 0 Å². The van der Waals surface area contributed by atoms with E-state index in [-0.39, 0.29) is 0 Å². The van der Waals surface area contributed by atoms with Crippen LogP contribution in [0.3, 0.4) is 0 Å². The Morgan fingerprint density at radius 3 is 2.94 bits per heavy atom. The number of nitrogens with one attached hydrogen (secondary N) is 1. The largest absolute Gasteiger partial charge is 0.396 e. The number of rotatable bonds is 8. The second-order valence-electron chi connectivity index (χ2n) is 4.43. The Morgan fingerprint density at radius 1 is 1.44 bits per heavy atom. The maximum absolute atomic E-state index is 8.94. The molecule has 16 heavy (non-hydrogen) atoms. The second-order valence-corrected chi connectivity index (χ2v) is 4.43. The summed E-state index contributed by atoms with van der Waals surface area (Å²) in [7, 11) is 0. The van der Waals surface area contributed by atoms with Crippen molar-refractivity contribution in [2.24, 2.45) is 5.92 Å².